The molecule has 0 aromatic rings. The highest BCUT2D eigenvalue weighted by molar-refractivity contribution is 7.95. The van der Waals surface area contributed by atoms with Gasteiger partial charge in [0.25, 0.3) is 0 Å². The van der Waals surface area contributed by atoms with E-state index in [1.165, 1.54) is 32.9 Å². The highest BCUT2D eigenvalue weighted by Gasteiger charge is 2.25. The van der Waals surface area contributed by atoms with Crippen LogP contribution in [0.25, 0.3) is 0 Å². The van der Waals surface area contributed by atoms with Crippen LogP contribution in [-0.2, 0) is 20.9 Å². The van der Waals surface area contributed by atoms with E-state index in [2.05, 4.69) is 0 Å². The van der Waals surface area contributed by atoms with Gasteiger partial charge in [0.1, 0.15) is 0 Å². The Morgan fingerprint density at radius 1 is 1.35 bits per heavy atom. The largest absolute Gasteiger partial charge is 0.768 e. The molecule has 0 amide bonds. The monoisotopic (exact) mass is 278 g/mol. The van der Waals surface area contributed by atoms with Gasteiger partial charge in [-0.05, 0) is 56.3 Å². The lowest BCUT2D eigenvalue weighted by Gasteiger charge is -2.16. The molecule has 2 N–H and O–H groups in total. The molecule has 0 heterocycles. The first-order valence-electron chi connectivity index (χ1n) is 4.72. The normalized spacial score (nSPS) is 16.8. The van der Waals surface area contributed by atoms with Crippen molar-refractivity contribution in [3.05, 3.63) is 34.7 Å². The van der Waals surface area contributed by atoms with Gasteiger partial charge in [-0.25, -0.2) is 8.42 Å². The van der Waals surface area contributed by atoms with Gasteiger partial charge in [0.15, 0.2) is 9.84 Å². The van der Waals surface area contributed by atoms with E-state index < -0.39 is 25.7 Å². The van der Waals surface area contributed by atoms with Crippen molar-refractivity contribution < 1.29 is 17.2 Å². The molecule has 0 aliphatic rings. The van der Waals surface area contributed by atoms with E-state index in [4.69, 9.17) is 5.73 Å². The Labute approximate surface area is 104 Å². The topological polar surface area (TPSA) is 100 Å². The Bertz CT molecular complexity index is 467. The molecule has 17 heavy (non-hydrogen) atoms. The Hall–Kier alpha value is -0.920. The molecule has 0 aromatic carbocycles. The Balaban J connectivity index is 5.24. The van der Waals surface area contributed by atoms with E-state index in [0.29, 0.717) is 0 Å². The van der Waals surface area contributed by atoms with Crippen LogP contribution in [0.4, 0.5) is 0 Å². The minimum Gasteiger partial charge on any atom is -0.768 e. The van der Waals surface area contributed by atoms with Gasteiger partial charge >= 0.3 is 0 Å². The van der Waals surface area contributed by atoms with Gasteiger partial charge < -0.3 is 10.3 Å². The van der Waals surface area contributed by atoms with Crippen molar-refractivity contribution in [1.82, 2.24) is 0 Å². The molecule has 0 radical (unpaired) electrons. The summed E-state index contributed by atoms with van der Waals surface area (Å²) in [4.78, 5) is -0.153. The molecular weight excluding hydrogens is 262 g/mol. The van der Waals surface area contributed by atoms with E-state index in [-0.39, 0.29) is 4.91 Å². The van der Waals surface area contributed by atoms with Gasteiger partial charge in [-0.3, -0.25) is 4.21 Å². The Morgan fingerprint density at radius 2 is 1.88 bits per heavy atom. The van der Waals surface area contributed by atoms with Gasteiger partial charge in [0, 0.05) is 10.3 Å². The third kappa shape index (κ3) is 5.29. The molecule has 0 fully saturated rings. The average Bonchev–Trinajstić information content (AvgIpc) is 2.15. The van der Waals surface area contributed by atoms with Gasteiger partial charge in [-0.1, -0.05) is 0 Å². The van der Waals surface area contributed by atoms with E-state index in [0.717, 1.165) is 17.7 Å². The zero-order valence-electron chi connectivity index (χ0n) is 9.91. The molecule has 1 unspecified atom stereocenters. The first-order valence-corrected chi connectivity index (χ1v) is 7.34. The van der Waals surface area contributed by atoms with Gasteiger partial charge in [0.05, 0.1) is 4.75 Å². The smallest absolute Gasteiger partial charge is 0.176 e. The zero-order chi connectivity index (χ0) is 13.7. The Morgan fingerprint density at radius 3 is 2.24 bits per heavy atom. The van der Waals surface area contributed by atoms with Crippen LogP contribution in [0.2, 0.25) is 0 Å². The summed E-state index contributed by atoms with van der Waals surface area (Å²) in [7, 11) is -3.50. The molecule has 5 nitrogen and oxygen atoms in total. The summed E-state index contributed by atoms with van der Waals surface area (Å²) in [6.45, 7) is 4.60. The van der Waals surface area contributed by atoms with Gasteiger partial charge in [0.2, 0.25) is 0 Å². The maximum Gasteiger partial charge on any atom is 0.176 e. The van der Waals surface area contributed by atoms with Crippen LogP contribution < -0.4 is 5.73 Å². The minimum atomic E-state index is -3.50. The molecule has 0 aromatic heterocycles. The average molecular weight is 278 g/mol. The first kappa shape index (κ1) is 16.1. The minimum absolute atomic E-state index is 0.153. The lowest BCUT2D eigenvalue weighted by molar-refractivity contribution is 0.544. The zero-order valence-corrected chi connectivity index (χ0v) is 11.5. The number of rotatable bonds is 4. The summed E-state index contributed by atoms with van der Waals surface area (Å²) >= 11 is -2.51. The van der Waals surface area contributed by atoms with E-state index in [9.17, 15) is 17.2 Å². The molecule has 0 aliphatic heterocycles. The third-order valence-corrected chi connectivity index (χ3v) is 4.69. The maximum absolute atomic E-state index is 11.7. The molecule has 0 saturated heterocycles. The fourth-order valence-corrected chi connectivity index (χ4v) is 1.87. The predicted octanol–water partition coefficient (Wildman–Crippen LogP) is 0.949. The van der Waals surface area contributed by atoms with Gasteiger partial charge in [-0.15, -0.1) is 0 Å². The molecule has 0 aliphatic carbocycles. The summed E-state index contributed by atoms with van der Waals surface area (Å²) in [6, 6.07) is 0. The second-order valence-corrected chi connectivity index (χ2v) is 7.68. The van der Waals surface area contributed by atoms with E-state index in [1.54, 1.807) is 0 Å². The van der Waals surface area contributed by atoms with Crippen LogP contribution in [0.5, 0.6) is 0 Å². The highest BCUT2D eigenvalue weighted by Crippen LogP contribution is 2.18. The van der Waals surface area contributed by atoms with Crippen molar-refractivity contribution in [1.29, 1.82) is 0 Å². The van der Waals surface area contributed by atoms with Gasteiger partial charge in [-0.2, -0.15) is 0 Å². The standard InChI is InChI=1S/C10H17NO4S2/c1-10(2,3)17(14,15)8-6-9(16(12)13)5-4-7-11/h4-8H,11H2,1-3H3,(H,12,13)/p-1/b7-4+,8-6+,9-5+. The highest BCUT2D eigenvalue weighted by atomic mass is 32.2. The Kier molecular flexibility index (Phi) is 5.80. The van der Waals surface area contributed by atoms with Crippen molar-refractivity contribution in [3.63, 3.8) is 0 Å². The van der Waals surface area contributed by atoms with E-state index in [1.807, 2.05) is 0 Å². The van der Waals surface area contributed by atoms with Crippen molar-refractivity contribution >= 4 is 20.9 Å². The van der Waals surface area contributed by atoms with E-state index >= 15 is 0 Å². The fourth-order valence-electron chi connectivity index (χ4n) is 0.678. The van der Waals surface area contributed by atoms with Crippen molar-refractivity contribution in [2.45, 2.75) is 25.5 Å². The number of allylic oxidation sites excluding steroid dienone is 3. The SMILES string of the molecule is CC(C)(C)S(=O)(=O)/C=C/C(=C\C=C\N)S(=O)[O-]. The molecule has 7 heteroatoms. The molecule has 0 rings (SSSR count). The lowest BCUT2D eigenvalue weighted by atomic mass is 10.3. The fraction of sp³-hybridized carbons (Fsp3) is 0.400. The summed E-state index contributed by atoms with van der Waals surface area (Å²) in [6.07, 6.45) is 4.69. The molecule has 0 bridgehead atoms. The summed E-state index contributed by atoms with van der Waals surface area (Å²) < 4.78 is 44.0. The molecule has 1 atom stereocenters. The third-order valence-electron chi connectivity index (χ3n) is 1.83. The van der Waals surface area contributed by atoms with Crippen LogP contribution in [0.1, 0.15) is 20.8 Å². The molecule has 98 valence electrons. The van der Waals surface area contributed by atoms with Crippen LogP contribution in [-0.4, -0.2) is 21.9 Å². The van der Waals surface area contributed by atoms with Crippen LogP contribution in [0.3, 0.4) is 0 Å². The van der Waals surface area contributed by atoms with Crippen molar-refractivity contribution in [2.75, 3.05) is 0 Å². The van der Waals surface area contributed by atoms with Crippen LogP contribution >= 0.6 is 0 Å². The lowest BCUT2D eigenvalue weighted by Crippen LogP contribution is -2.25. The molecular formula is C10H16NO4S2-. The number of sulfone groups is 1. The maximum atomic E-state index is 11.7. The number of hydrogen-bond acceptors (Lipinski definition) is 5. The number of nitrogens with two attached hydrogens (primary N) is 1. The van der Waals surface area contributed by atoms with Crippen LogP contribution in [0.15, 0.2) is 34.7 Å². The summed E-state index contributed by atoms with van der Waals surface area (Å²) in [5.41, 5.74) is 5.06. The predicted molar refractivity (Wildman–Crippen MR) is 68.1 cm³/mol. The second-order valence-electron chi connectivity index (χ2n) is 4.15. The van der Waals surface area contributed by atoms with Crippen molar-refractivity contribution in [2.24, 2.45) is 5.73 Å². The second kappa shape index (κ2) is 6.13. The quantitative estimate of drug-likeness (QED) is 0.609. The van der Waals surface area contributed by atoms with Crippen LogP contribution in [0, 0.1) is 0 Å². The summed E-state index contributed by atoms with van der Waals surface area (Å²) in [5, 5.41) is 0.888. The number of hydrogen-bond donors (Lipinski definition) is 1. The van der Waals surface area contributed by atoms with Crippen molar-refractivity contribution in [3.8, 4) is 0 Å². The summed E-state index contributed by atoms with van der Waals surface area (Å²) in [5.74, 6) is 0. The first-order chi connectivity index (χ1) is 7.62. The molecule has 0 spiro atoms. The molecule has 0 saturated carbocycles.